The molecule has 1 amide bonds. The molecule has 21 heavy (non-hydrogen) atoms. The normalized spacial score (nSPS) is 12.4. The number of nitrogens with one attached hydrogen (secondary N) is 1. The molecule has 0 aromatic carbocycles. The molecule has 0 saturated heterocycles. The van der Waals surface area contributed by atoms with Crippen molar-refractivity contribution in [2.24, 2.45) is 0 Å². The van der Waals surface area contributed by atoms with Gasteiger partial charge in [-0.3, -0.25) is 0 Å². The molecular weight excluding hydrogens is 345 g/mol. The van der Waals surface area contributed by atoms with Gasteiger partial charge in [-0.2, -0.15) is 0 Å². The number of carbonyl (C=O) groups excluding carboxylic acids is 3. The van der Waals surface area contributed by atoms with Gasteiger partial charge in [0, 0.05) is 0 Å². The van der Waals surface area contributed by atoms with Crippen LogP contribution in [0.2, 0.25) is 5.21 Å². The maximum atomic E-state index is 12.1. The molecule has 9 heteroatoms. The summed E-state index contributed by atoms with van der Waals surface area (Å²) in [6.07, 6.45) is -0.232. The number of hydrogen-bond acceptors (Lipinski definition) is 7. The number of aliphatic hydroxyl groups is 1. The van der Waals surface area contributed by atoms with Crippen LogP contribution in [0.1, 0.15) is 27.2 Å². The second-order valence-electron chi connectivity index (χ2n) is 4.22. The molecule has 0 spiro atoms. The van der Waals surface area contributed by atoms with E-state index in [1.54, 1.807) is 13.8 Å². The summed E-state index contributed by atoms with van der Waals surface area (Å²) >= 11 is -2.98. The van der Waals surface area contributed by atoms with Crippen LogP contribution in [0, 0.1) is 0 Å². The minimum absolute atomic E-state index is 0.0140. The van der Waals surface area contributed by atoms with E-state index in [1.807, 2.05) is 0 Å². The molecule has 122 valence electrons. The van der Waals surface area contributed by atoms with Crippen molar-refractivity contribution in [3.63, 3.8) is 0 Å². The van der Waals surface area contributed by atoms with Gasteiger partial charge in [0.05, 0.1) is 0 Å². The summed E-state index contributed by atoms with van der Waals surface area (Å²) in [5.74, 6) is -2.53. The van der Waals surface area contributed by atoms with Crippen molar-refractivity contribution < 1.29 is 32.7 Å². The topological polar surface area (TPSA) is 119 Å². The van der Waals surface area contributed by atoms with Crippen LogP contribution in [0.5, 0.6) is 0 Å². The second-order valence-corrected chi connectivity index (χ2v) is 8.20. The van der Waals surface area contributed by atoms with Gasteiger partial charge in [-0.15, -0.1) is 0 Å². The van der Waals surface area contributed by atoms with Crippen LogP contribution in [-0.4, -0.2) is 61.7 Å². The molecule has 1 unspecified atom stereocenters. The molecule has 0 heterocycles. The fourth-order valence-corrected chi connectivity index (χ4v) is 3.37. The first-order valence-electron chi connectivity index (χ1n) is 6.59. The van der Waals surface area contributed by atoms with E-state index in [-0.39, 0.29) is 24.8 Å². The first kappa shape index (κ1) is 19.7. The maximum absolute atomic E-state index is 12.1. The summed E-state index contributed by atoms with van der Waals surface area (Å²) in [4.78, 5) is 35.6. The SMILES string of the molecule is CCOC(=O)C(CC[AsH](=O)CO)(NC(C)=O)C(=O)OCC. The number of hydrogen-bond donors (Lipinski definition) is 2. The Kier molecular flexibility index (Phi) is 9.04. The Morgan fingerprint density at radius 1 is 1.14 bits per heavy atom. The van der Waals surface area contributed by atoms with Crippen molar-refractivity contribution in [1.29, 1.82) is 0 Å². The summed E-state index contributed by atoms with van der Waals surface area (Å²) in [5.41, 5.74) is -2.02. The van der Waals surface area contributed by atoms with Crippen LogP contribution in [0.15, 0.2) is 0 Å². The quantitative estimate of drug-likeness (QED) is 0.307. The predicted octanol–water partition coefficient (Wildman–Crippen LogP) is -0.937. The molecular formula is C12H22AsNO7. The van der Waals surface area contributed by atoms with Gasteiger partial charge in [-0.05, 0) is 0 Å². The number of aliphatic hydroxyl groups excluding tert-OH is 1. The van der Waals surface area contributed by atoms with E-state index >= 15 is 0 Å². The minimum atomic E-state index is -2.98. The second kappa shape index (κ2) is 9.63. The van der Waals surface area contributed by atoms with E-state index in [2.05, 4.69) is 5.32 Å². The predicted molar refractivity (Wildman–Crippen MR) is 74.2 cm³/mol. The van der Waals surface area contributed by atoms with Gasteiger partial charge in [0.15, 0.2) is 0 Å². The molecule has 0 aliphatic carbocycles. The first-order valence-corrected chi connectivity index (χ1v) is 10.4. The number of rotatable bonds is 9. The van der Waals surface area contributed by atoms with E-state index in [9.17, 15) is 18.1 Å². The molecule has 0 saturated carbocycles. The Bertz CT molecular complexity index is 392. The molecule has 0 rings (SSSR count). The fourth-order valence-electron chi connectivity index (χ4n) is 1.67. The van der Waals surface area contributed by atoms with E-state index in [0.717, 1.165) is 6.92 Å². The van der Waals surface area contributed by atoms with Crippen molar-refractivity contribution in [3.05, 3.63) is 0 Å². The van der Waals surface area contributed by atoms with Gasteiger partial charge in [0.1, 0.15) is 0 Å². The van der Waals surface area contributed by atoms with Crippen LogP contribution in [0.3, 0.4) is 0 Å². The summed E-state index contributed by atoms with van der Waals surface area (Å²) in [6.45, 7) is 4.29. The van der Waals surface area contributed by atoms with E-state index in [1.165, 1.54) is 0 Å². The molecule has 2 N–H and O–H groups in total. The molecule has 8 nitrogen and oxygen atoms in total. The average Bonchev–Trinajstić information content (AvgIpc) is 2.42. The van der Waals surface area contributed by atoms with Crippen molar-refractivity contribution >= 4 is 32.4 Å². The molecule has 1 atom stereocenters. The number of carbonyl (C=O) groups is 3. The van der Waals surface area contributed by atoms with Crippen molar-refractivity contribution in [1.82, 2.24) is 5.32 Å². The standard InChI is InChI=1S/C12H22AsNO7/c1-4-20-10(17)12(14-9(3)16,11(18)21-5-2)6-7-13(19)8-15/h13,15H,4-8H2,1-3H3,(H,14,16). The third-order valence-corrected chi connectivity index (χ3v) is 5.03. The summed E-state index contributed by atoms with van der Waals surface area (Å²) < 4.78 is 21.2. The first-order chi connectivity index (χ1) is 9.83. The Hall–Kier alpha value is -1.27. The van der Waals surface area contributed by atoms with E-state index in [0.29, 0.717) is 0 Å². The van der Waals surface area contributed by atoms with Crippen molar-refractivity contribution in [3.8, 4) is 0 Å². The molecule has 0 aliphatic heterocycles. The Morgan fingerprint density at radius 3 is 1.95 bits per heavy atom. The zero-order valence-corrected chi connectivity index (χ0v) is 14.5. The van der Waals surface area contributed by atoms with Crippen LogP contribution in [0.4, 0.5) is 0 Å². The molecule has 0 aromatic rings. The van der Waals surface area contributed by atoms with Gasteiger partial charge in [-0.1, -0.05) is 0 Å². The number of ether oxygens (including phenoxy) is 2. The van der Waals surface area contributed by atoms with Crippen LogP contribution in [-0.2, 0) is 27.6 Å². The Morgan fingerprint density at radius 2 is 1.62 bits per heavy atom. The van der Waals surface area contributed by atoms with E-state index < -0.39 is 43.4 Å². The summed E-state index contributed by atoms with van der Waals surface area (Å²) in [7, 11) is 0. The summed E-state index contributed by atoms with van der Waals surface area (Å²) in [6, 6.07) is 0. The third kappa shape index (κ3) is 5.93. The zero-order valence-electron chi connectivity index (χ0n) is 12.4. The van der Waals surface area contributed by atoms with Gasteiger partial charge in [-0.25, -0.2) is 0 Å². The Balaban J connectivity index is 5.48. The van der Waals surface area contributed by atoms with Crippen molar-refractivity contribution in [2.75, 3.05) is 18.6 Å². The molecule has 0 bridgehead atoms. The average molecular weight is 367 g/mol. The molecule has 0 aliphatic rings. The zero-order chi connectivity index (χ0) is 16.5. The third-order valence-electron chi connectivity index (χ3n) is 2.59. The van der Waals surface area contributed by atoms with Gasteiger partial charge < -0.3 is 0 Å². The van der Waals surface area contributed by atoms with Gasteiger partial charge in [0.2, 0.25) is 0 Å². The Labute approximate surface area is 127 Å². The van der Waals surface area contributed by atoms with Crippen LogP contribution in [0.25, 0.3) is 0 Å². The number of esters is 2. The number of amides is 1. The molecule has 0 radical (unpaired) electrons. The van der Waals surface area contributed by atoms with Crippen LogP contribution >= 0.6 is 0 Å². The molecule has 0 fully saturated rings. The van der Waals surface area contributed by atoms with Crippen LogP contribution < -0.4 is 5.32 Å². The van der Waals surface area contributed by atoms with Crippen molar-refractivity contribution in [2.45, 2.75) is 37.9 Å². The summed E-state index contributed by atoms with van der Waals surface area (Å²) in [5, 5.41) is 10.6. The van der Waals surface area contributed by atoms with E-state index in [4.69, 9.17) is 14.6 Å². The molecule has 0 aromatic heterocycles. The monoisotopic (exact) mass is 367 g/mol. The van der Waals surface area contributed by atoms with Gasteiger partial charge in [0.25, 0.3) is 0 Å². The fraction of sp³-hybridized carbons (Fsp3) is 0.750. The van der Waals surface area contributed by atoms with Gasteiger partial charge >= 0.3 is 127 Å².